The predicted molar refractivity (Wildman–Crippen MR) is 13.3 cm³/mol. The first-order valence-electron chi connectivity index (χ1n) is 0. The fourth-order valence-corrected chi connectivity index (χ4v) is 0. The number of rotatable bonds is 0. The Balaban J connectivity index is 0. The van der Waals surface area contributed by atoms with Gasteiger partial charge >= 0.3 is 0 Å². The first-order valence-corrected chi connectivity index (χ1v) is 0. The third kappa shape index (κ3) is 140. The summed E-state index contributed by atoms with van der Waals surface area (Å²) in [6, 6.07) is 0. The van der Waals surface area contributed by atoms with Crippen LogP contribution in [0.1, 0.15) is 0 Å². The maximum Gasteiger partial charge on any atom is 0 e. The molecule has 0 spiro atoms. The van der Waals surface area contributed by atoms with Crippen molar-refractivity contribution in [3.8, 4) is 0 Å². The minimum Gasteiger partial charge on any atom is -0.269 e. The van der Waals surface area contributed by atoms with Gasteiger partial charge in [-0.05, 0) is 0 Å². The van der Waals surface area contributed by atoms with Gasteiger partial charge in [0.15, 0.2) is 0 Å². The summed E-state index contributed by atoms with van der Waals surface area (Å²) in [5.74, 6) is 0. The largest absolute Gasteiger partial charge is 0.269 e. The van der Waals surface area contributed by atoms with Gasteiger partial charge in [-0.3, -0.25) is 18.8 Å². The topological polar surface area (TPSA) is 0 Å². The Hall–Kier alpha value is -0.280. The highest BCUT2D eigenvalue weighted by Gasteiger charge is 0.0000151. The van der Waals surface area contributed by atoms with Crippen molar-refractivity contribution in [3.05, 3.63) is 7.43 Å². The van der Waals surface area contributed by atoms with Crippen LogP contribution in [0.5, 0.6) is 0 Å². The first kappa shape index (κ1) is 833. The molecule has 0 aliphatic carbocycles. The van der Waals surface area contributed by atoms with Gasteiger partial charge in [0, 0.05) is 7.43 Å². The molecule has 4 heteroatoms. The predicted octanol–water partition coefficient (Wildman–Crippen LogP) is 0.691. The quantitative estimate of drug-likeness (QED) is 0.385. The molecule has 0 rings (SSSR count). The van der Waals surface area contributed by atoms with E-state index in [1.165, 1.54) is 0 Å². The molecular weight excluding hydrogens is 88.0 g/mol. The van der Waals surface area contributed by atoms with Gasteiger partial charge in [0.25, 0.3) is 0 Å². The van der Waals surface area contributed by atoms with Crippen molar-refractivity contribution >= 4 is 0 Å². The van der Waals surface area contributed by atoms with Crippen LogP contribution >= 0.6 is 0 Å². The van der Waals surface area contributed by atoms with Gasteiger partial charge in [-0.15, -0.1) is 0 Å². The van der Waals surface area contributed by atoms with E-state index in [-0.39, 0.29) is 26.2 Å². The van der Waals surface area contributed by atoms with Crippen molar-refractivity contribution in [2.24, 2.45) is 0 Å². The number of hydrogen-bond donors (Lipinski definition) is 0. The summed E-state index contributed by atoms with van der Waals surface area (Å²) in [6.45, 7) is 0. The zero-order valence-corrected chi connectivity index (χ0v) is 2.13. The minimum absolute atomic E-state index is 0. The van der Waals surface area contributed by atoms with Gasteiger partial charge in [0.05, 0.1) is 0 Å². The Morgan fingerprint density at radius 3 is 0.400 bits per heavy atom. The third-order valence-electron chi connectivity index (χ3n) is 0. The molecule has 0 N–H and O–H groups in total. The standard InChI is InChI=1S/C.4FH/h;4*1H. The van der Waals surface area contributed by atoms with Gasteiger partial charge < -0.3 is 0 Å². The van der Waals surface area contributed by atoms with Crippen LogP contribution in [-0.4, -0.2) is 0 Å². The van der Waals surface area contributed by atoms with Crippen molar-refractivity contribution in [1.29, 1.82) is 0 Å². The molecule has 5 heavy (non-hydrogen) atoms. The van der Waals surface area contributed by atoms with Crippen LogP contribution in [0.25, 0.3) is 0 Å². The van der Waals surface area contributed by atoms with Crippen molar-refractivity contribution in [3.63, 3.8) is 0 Å². The summed E-state index contributed by atoms with van der Waals surface area (Å²) in [6.07, 6.45) is 0. The average molecular weight is 92.0 g/mol. The average Bonchev–Trinajstić information content (AvgIpc) is 0. The lowest BCUT2D eigenvalue weighted by molar-refractivity contribution is 1.11. The molecule has 36 valence electrons. The Kier molecular flexibility index (Phi) is 58500. The van der Waals surface area contributed by atoms with Crippen LogP contribution in [0.15, 0.2) is 0 Å². The Labute approximate surface area is 27.7 Å². The highest BCUT2D eigenvalue weighted by Crippen LogP contribution is 0.423. The molecule has 0 aromatic heterocycles. The van der Waals surface area contributed by atoms with Gasteiger partial charge in [-0.25, -0.2) is 0 Å². The van der Waals surface area contributed by atoms with E-state index >= 15 is 0 Å². The zero-order chi connectivity index (χ0) is 0. The molecule has 0 atom stereocenters. The second-order valence-corrected chi connectivity index (χ2v) is 0. The lowest BCUT2D eigenvalue weighted by Gasteiger charge is -0.270. The van der Waals surface area contributed by atoms with Crippen molar-refractivity contribution in [2.75, 3.05) is 0 Å². The molecule has 0 unspecified atom stereocenters. The maximum absolute atomic E-state index is 0. The van der Waals surface area contributed by atoms with Crippen LogP contribution in [0.2, 0.25) is 0 Å². The molecule has 0 aromatic rings. The molecule has 0 nitrogen and oxygen atoms in total. The van der Waals surface area contributed by atoms with Crippen molar-refractivity contribution in [1.82, 2.24) is 0 Å². The Bertz CT molecular complexity index is 3.61. The summed E-state index contributed by atoms with van der Waals surface area (Å²) in [7, 11) is 0. The van der Waals surface area contributed by atoms with Crippen LogP contribution < -0.4 is 0 Å². The van der Waals surface area contributed by atoms with Crippen LogP contribution in [-0.2, 0) is 0 Å². The van der Waals surface area contributed by atoms with Gasteiger partial charge in [0.2, 0.25) is 0 Å². The Morgan fingerprint density at radius 1 is 0.400 bits per heavy atom. The highest BCUT2D eigenvalue weighted by molar-refractivity contribution is 3.24. The highest BCUT2D eigenvalue weighted by atomic mass is 19.0. The first-order chi connectivity index (χ1) is 0. The van der Waals surface area contributed by atoms with E-state index in [0.717, 1.165) is 0 Å². The lowest BCUT2D eigenvalue weighted by atomic mass is 12.0. The summed E-state index contributed by atoms with van der Waals surface area (Å²) in [5.41, 5.74) is 0. The number of hydrogen-bond acceptors (Lipinski definition) is 0. The van der Waals surface area contributed by atoms with Crippen LogP contribution in [0.3, 0.4) is 0 Å². The van der Waals surface area contributed by atoms with Gasteiger partial charge in [-0.2, -0.15) is 0 Å². The fraction of sp³-hybridized carbons (Fsp3) is 0. The van der Waals surface area contributed by atoms with E-state index in [1.54, 1.807) is 0 Å². The van der Waals surface area contributed by atoms with E-state index in [1.807, 2.05) is 0 Å². The van der Waals surface area contributed by atoms with Crippen molar-refractivity contribution < 1.29 is 18.8 Å². The maximum atomic E-state index is 0. The third-order valence-corrected chi connectivity index (χ3v) is 0. The van der Waals surface area contributed by atoms with Crippen LogP contribution in [0.4, 0.5) is 18.8 Å². The molecule has 0 aliphatic rings. The lowest BCUT2D eigenvalue weighted by Crippen LogP contribution is 0.0813. The molecule has 0 amide bonds. The fourth-order valence-electron chi connectivity index (χ4n) is 0. The molecule has 0 saturated carbocycles. The zero-order valence-electron chi connectivity index (χ0n) is 2.13. The van der Waals surface area contributed by atoms with E-state index < -0.39 is 0 Å². The smallest absolute Gasteiger partial charge is 0 e. The second-order valence-electron chi connectivity index (χ2n) is 0. The number of halogens is 4. The van der Waals surface area contributed by atoms with Gasteiger partial charge in [0.1, 0.15) is 0 Å². The molecular formula is CH4F4. The van der Waals surface area contributed by atoms with E-state index in [2.05, 4.69) is 0 Å². The molecule has 4 radical (unpaired) electrons. The molecule has 0 fully saturated rings. The second kappa shape index (κ2) is 351. The van der Waals surface area contributed by atoms with Crippen LogP contribution in [0, 0.1) is 7.43 Å². The Morgan fingerprint density at radius 2 is 0.400 bits per heavy atom. The minimum atomic E-state index is 0. The summed E-state index contributed by atoms with van der Waals surface area (Å²) in [5, 5.41) is 0. The van der Waals surface area contributed by atoms with E-state index in [4.69, 9.17) is 0 Å². The summed E-state index contributed by atoms with van der Waals surface area (Å²) in [4.78, 5) is 0. The summed E-state index contributed by atoms with van der Waals surface area (Å²) < 4.78 is 0. The molecule has 0 aromatic carbocycles. The van der Waals surface area contributed by atoms with E-state index in [9.17, 15) is 0 Å². The normalized spacial score (nSPS) is 0. The SMILES string of the molecule is F.F.F.F.[C]. The molecule has 0 aliphatic heterocycles. The molecule has 0 bridgehead atoms. The summed E-state index contributed by atoms with van der Waals surface area (Å²) >= 11 is 0. The van der Waals surface area contributed by atoms with Gasteiger partial charge in [-0.1, -0.05) is 0 Å². The molecule has 0 heterocycles. The van der Waals surface area contributed by atoms with Crippen molar-refractivity contribution in [2.45, 2.75) is 0 Å². The molecule has 0 saturated heterocycles. The monoisotopic (exact) mass is 92.0 g/mol. The van der Waals surface area contributed by atoms with E-state index in [0.29, 0.717) is 0 Å².